The van der Waals surface area contributed by atoms with Crippen molar-refractivity contribution in [2.45, 2.75) is 31.2 Å². The molecular formula is C19H21N3O3S2. The van der Waals surface area contributed by atoms with E-state index in [2.05, 4.69) is 10.3 Å². The van der Waals surface area contributed by atoms with Crippen LogP contribution < -0.4 is 9.62 Å². The molecule has 1 heterocycles. The molecular weight excluding hydrogens is 382 g/mol. The van der Waals surface area contributed by atoms with Gasteiger partial charge in [-0.05, 0) is 37.6 Å². The number of carbonyl (C=O) groups is 1. The van der Waals surface area contributed by atoms with Crippen LogP contribution in [0, 0.1) is 0 Å². The Morgan fingerprint density at radius 1 is 1.15 bits per heavy atom. The molecule has 142 valence electrons. The molecule has 8 heteroatoms. The van der Waals surface area contributed by atoms with Crippen molar-refractivity contribution in [3.63, 3.8) is 0 Å². The van der Waals surface area contributed by atoms with E-state index in [1.165, 1.54) is 23.5 Å². The van der Waals surface area contributed by atoms with Crippen LogP contribution in [0.1, 0.15) is 20.3 Å². The van der Waals surface area contributed by atoms with Gasteiger partial charge in [0.1, 0.15) is 6.54 Å². The van der Waals surface area contributed by atoms with Crippen molar-refractivity contribution in [2.75, 3.05) is 10.8 Å². The van der Waals surface area contributed by atoms with Crippen LogP contribution in [-0.4, -0.2) is 31.9 Å². The van der Waals surface area contributed by atoms with E-state index in [0.29, 0.717) is 5.52 Å². The Bertz CT molecular complexity index is 1000. The number of para-hydroxylation sites is 1. The van der Waals surface area contributed by atoms with Gasteiger partial charge in [-0.1, -0.05) is 48.6 Å². The lowest BCUT2D eigenvalue weighted by molar-refractivity contribution is -0.120. The first-order valence-corrected chi connectivity index (χ1v) is 10.9. The maximum Gasteiger partial charge on any atom is 0.266 e. The van der Waals surface area contributed by atoms with Crippen LogP contribution in [0.25, 0.3) is 10.2 Å². The molecule has 1 aromatic heterocycles. The van der Waals surface area contributed by atoms with Gasteiger partial charge in [0.2, 0.25) is 11.0 Å². The molecule has 0 aliphatic rings. The van der Waals surface area contributed by atoms with E-state index >= 15 is 0 Å². The number of carbonyl (C=O) groups excluding carboxylic acids is 1. The number of thiazole rings is 1. The molecule has 0 fully saturated rings. The van der Waals surface area contributed by atoms with Gasteiger partial charge >= 0.3 is 0 Å². The molecule has 0 spiro atoms. The fourth-order valence-electron chi connectivity index (χ4n) is 2.49. The third-order valence-electron chi connectivity index (χ3n) is 4.13. The van der Waals surface area contributed by atoms with Crippen molar-refractivity contribution >= 4 is 42.6 Å². The predicted octanol–water partition coefficient (Wildman–Crippen LogP) is 3.41. The van der Waals surface area contributed by atoms with Crippen LogP contribution in [0.2, 0.25) is 0 Å². The fraction of sp³-hybridized carbons (Fsp3) is 0.263. The molecule has 27 heavy (non-hydrogen) atoms. The van der Waals surface area contributed by atoms with Crippen molar-refractivity contribution in [2.24, 2.45) is 0 Å². The Morgan fingerprint density at radius 2 is 1.81 bits per heavy atom. The van der Waals surface area contributed by atoms with Gasteiger partial charge < -0.3 is 5.32 Å². The topological polar surface area (TPSA) is 79.4 Å². The lowest BCUT2D eigenvalue weighted by atomic mass is 10.2. The van der Waals surface area contributed by atoms with Gasteiger partial charge in [-0.2, -0.15) is 0 Å². The summed E-state index contributed by atoms with van der Waals surface area (Å²) < 4.78 is 28.4. The van der Waals surface area contributed by atoms with Gasteiger partial charge in [0.25, 0.3) is 10.0 Å². The van der Waals surface area contributed by atoms with Crippen molar-refractivity contribution in [1.29, 1.82) is 0 Å². The third kappa shape index (κ3) is 4.28. The molecule has 0 bridgehead atoms. The lowest BCUT2D eigenvalue weighted by Gasteiger charge is -2.22. The zero-order valence-corrected chi connectivity index (χ0v) is 16.8. The summed E-state index contributed by atoms with van der Waals surface area (Å²) in [4.78, 5) is 17.0. The number of rotatable bonds is 7. The Hall–Kier alpha value is -2.45. The number of benzene rings is 2. The zero-order valence-electron chi connectivity index (χ0n) is 15.1. The number of nitrogens with one attached hydrogen (secondary N) is 1. The van der Waals surface area contributed by atoms with Crippen LogP contribution in [0.15, 0.2) is 59.5 Å². The molecule has 0 saturated carbocycles. The Morgan fingerprint density at radius 3 is 2.48 bits per heavy atom. The number of aromatic nitrogens is 1. The molecule has 1 unspecified atom stereocenters. The number of anilines is 1. The average Bonchev–Trinajstić information content (AvgIpc) is 3.10. The average molecular weight is 404 g/mol. The molecule has 3 rings (SSSR count). The molecule has 1 N–H and O–H groups in total. The van der Waals surface area contributed by atoms with E-state index in [0.717, 1.165) is 15.4 Å². The second-order valence-electron chi connectivity index (χ2n) is 6.17. The van der Waals surface area contributed by atoms with Crippen LogP contribution in [0.4, 0.5) is 5.13 Å². The Labute approximate surface area is 162 Å². The van der Waals surface area contributed by atoms with E-state index < -0.39 is 10.0 Å². The summed E-state index contributed by atoms with van der Waals surface area (Å²) in [6.07, 6.45) is 0.762. The third-order valence-corrected chi connectivity index (χ3v) is 7.06. The second-order valence-corrected chi connectivity index (χ2v) is 9.04. The molecule has 1 amide bonds. The van der Waals surface area contributed by atoms with Gasteiger partial charge in [0.15, 0.2) is 0 Å². The SMILES string of the molecule is CCC(C)NC(=O)CN(c1nc2ccccc2s1)S(=O)(=O)c1ccccc1. The maximum absolute atomic E-state index is 13.2. The van der Waals surface area contributed by atoms with Crippen LogP contribution in [0.5, 0.6) is 0 Å². The van der Waals surface area contributed by atoms with E-state index in [-0.39, 0.29) is 28.5 Å². The van der Waals surface area contributed by atoms with Gasteiger partial charge in [0, 0.05) is 6.04 Å². The van der Waals surface area contributed by atoms with Gasteiger partial charge in [-0.25, -0.2) is 17.7 Å². The second kappa shape index (κ2) is 8.06. The molecule has 0 aliphatic heterocycles. The number of amides is 1. The van der Waals surface area contributed by atoms with Gasteiger partial charge in [0.05, 0.1) is 15.1 Å². The fourth-order valence-corrected chi connectivity index (χ4v) is 5.06. The van der Waals surface area contributed by atoms with Crippen molar-refractivity contribution < 1.29 is 13.2 Å². The number of hydrogen-bond acceptors (Lipinski definition) is 5. The summed E-state index contributed by atoms with van der Waals surface area (Å²) in [5.41, 5.74) is 0.702. The number of nitrogens with zero attached hydrogens (tertiary/aromatic N) is 2. The summed E-state index contributed by atoms with van der Waals surface area (Å²) in [7, 11) is -3.92. The van der Waals surface area contributed by atoms with E-state index in [4.69, 9.17) is 0 Å². The molecule has 6 nitrogen and oxygen atoms in total. The quantitative estimate of drug-likeness (QED) is 0.656. The monoisotopic (exact) mass is 403 g/mol. The summed E-state index contributed by atoms with van der Waals surface area (Å²) in [6.45, 7) is 3.52. The van der Waals surface area contributed by atoms with E-state index in [1.807, 2.05) is 38.1 Å². The lowest BCUT2D eigenvalue weighted by Crippen LogP contribution is -2.43. The van der Waals surface area contributed by atoms with E-state index in [9.17, 15) is 13.2 Å². The van der Waals surface area contributed by atoms with Crippen molar-refractivity contribution in [1.82, 2.24) is 10.3 Å². The zero-order chi connectivity index (χ0) is 19.4. The standard InChI is InChI=1S/C19H21N3O3S2/c1-3-14(2)20-18(23)13-22(27(24,25)15-9-5-4-6-10-15)19-21-16-11-7-8-12-17(16)26-19/h4-12,14H,3,13H2,1-2H3,(H,20,23). The molecule has 0 saturated heterocycles. The minimum Gasteiger partial charge on any atom is -0.352 e. The first-order chi connectivity index (χ1) is 12.9. The minimum atomic E-state index is -3.92. The number of sulfonamides is 1. The normalized spacial score (nSPS) is 12.7. The largest absolute Gasteiger partial charge is 0.352 e. The van der Waals surface area contributed by atoms with Gasteiger partial charge in [-0.15, -0.1) is 0 Å². The Kier molecular flexibility index (Phi) is 5.76. The smallest absolute Gasteiger partial charge is 0.266 e. The number of hydrogen-bond donors (Lipinski definition) is 1. The predicted molar refractivity (Wildman–Crippen MR) is 108 cm³/mol. The van der Waals surface area contributed by atoms with E-state index in [1.54, 1.807) is 18.2 Å². The molecule has 0 radical (unpaired) electrons. The molecule has 2 aromatic carbocycles. The molecule has 1 atom stereocenters. The molecule has 0 aliphatic carbocycles. The van der Waals surface area contributed by atoms with Crippen LogP contribution >= 0.6 is 11.3 Å². The first kappa shape index (κ1) is 19.3. The Balaban J connectivity index is 2.02. The van der Waals surface area contributed by atoms with Crippen LogP contribution in [-0.2, 0) is 14.8 Å². The van der Waals surface area contributed by atoms with Crippen molar-refractivity contribution in [3.8, 4) is 0 Å². The molecule has 3 aromatic rings. The summed E-state index contributed by atoms with van der Waals surface area (Å²) in [6, 6.07) is 15.5. The summed E-state index contributed by atoms with van der Waals surface area (Å²) >= 11 is 1.25. The highest BCUT2D eigenvalue weighted by molar-refractivity contribution is 7.93. The van der Waals surface area contributed by atoms with Crippen LogP contribution in [0.3, 0.4) is 0 Å². The number of fused-ring (bicyclic) bond motifs is 1. The summed E-state index contributed by atoms with van der Waals surface area (Å²) in [5, 5.41) is 3.10. The highest BCUT2D eigenvalue weighted by Crippen LogP contribution is 2.32. The first-order valence-electron chi connectivity index (χ1n) is 8.64. The maximum atomic E-state index is 13.2. The minimum absolute atomic E-state index is 0.0332. The summed E-state index contributed by atoms with van der Waals surface area (Å²) in [5.74, 6) is -0.358. The highest BCUT2D eigenvalue weighted by atomic mass is 32.2. The van der Waals surface area contributed by atoms with Crippen molar-refractivity contribution in [3.05, 3.63) is 54.6 Å². The van der Waals surface area contributed by atoms with Gasteiger partial charge in [-0.3, -0.25) is 4.79 Å². The highest BCUT2D eigenvalue weighted by Gasteiger charge is 2.29.